The Balaban J connectivity index is 2.00. The number of carbonyl (C=O) groups excluding carboxylic acids is 1. The van der Waals surface area contributed by atoms with Gasteiger partial charge < -0.3 is 24.6 Å². The molecule has 1 aromatic rings. The maximum atomic E-state index is 12.8. The first-order chi connectivity index (χ1) is 13.8. The first-order valence-corrected chi connectivity index (χ1v) is 10.4. The number of carbonyl (C=O) groups is 1. The third-order valence-corrected chi connectivity index (χ3v) is 4.82. The predicted molar refractivity (Wildman–Crippen MR) is 115 cm³/mol. The van der Waals surface area contributed by atoms with Gasteiger partial charge in [-0.3, -0.25) is 9.89 Å². The van der Waals surface area contributed by atoms with Crippen molar-refractivity contribution in [1.82, 2.24) is 20.7 Å². The van der Waals surface area contributed by atoms with E-state index in [2.05, 4.69) is 34.6 Å². The van der Waals surface area contributed by atoms with E-state index in [0.29, 0.717) is 25.0 Å². The zero-order valence-electron chi connectivity index (χ0n) is 19.7. The lowest BCUT2D eigenvalue weighted by Crippen LogP contribution is -2.54. The number of ether oxygens (including phenoxy) is 2. The Morgan fingerprint density at radius 2 is 2.03 bits per heavy atom. The molecule has 2 heterocycles. The van der Waals surface area contributed by atoms with Crippen LogP contribution in [0.2, 0.25) is 0 Å². The van der Waals surface area contributed by atoms with Crippen molar-refractivity contribution < 1.29 is 18.8 Å². The maximum absolute atomic E-state index is 12.8. The highest BCUT2D eigenvalue weighted by atomic mass is 16.6. The minimum Gasteiger partial charge on any atom is -0.444 e. The van der Waals surface area contributed by atoms with Crippen LogP contribution in [0.15, 0.2) is 15.6 Å². The van der Waals surface area contributed by atoms with Crippen LogP contribution in [0.1, 0.15) is 72.8 Å². The summed E-state index contributed by atoms with van der Waals surface area (Å²) >= 11 is 0. The third-order valence-electron chi connectivity index (χ3n) is 4.82. The molecule has 30 heavy (non-hydrogen) atoms. The average Bonchev–Trinajstić information content (AvgIpc) is 3.15. The van der Waals surface area contributed by atoms with Crippen LogP contribution in [0.3, 0.4) is 0 Å². The highest BCUT2D eigenvalue weighted by Crippen LogP contribution is 2.33. The van der Waals surface area contributed by atoms with Crippen LogP contribution < -0.4 is 10.6 Å². The smallest absolute Gasteiger partial charge is 0.412 e. The van der Waals surface area contributed by atoms with Gasteiger partial charge in [0.25, 0.3) is 0 Å². The van der Waals surface area contributed by atoms with E-state index in [4.69, 9.17) is 14.0 Å². The Labute approximate surface area is 179 Å². The van der Waals surface area contributed by atoms with Crippen molar-refractivity contribution in [1.29, 1.82) is 0 Å². The molecule has 0 aliphatic carbocycles. The number of guanidine groups is 1. The number of aromatic nitrogens is 1. The summed E-state index contributed by atoms with van der Waals surface area (Å²) in [6, 6.07) is 1.72. The van der Waals surface area contributed by atoms with Crippen molar-refractivity contribution in [3.63, 3.8) is 0 Å². The Morgan fingerprint density at radius 1 is 1.37 bits per heavy atom. The molecule has 1 aliphatic heterocycles. The van der Waals surface area contributed by atoms with Gasteiger partial charge in [0.2, 0.25) is 0 Å². The van der Waals surface area contributed by atoms with Crippen LogP contribution in [0.25, 0.3) is 0 Å². The first kappa shape index (κ1) is 24.0. The minimum atomic E-state index is -0.766. The average molecular weight is 424 g/mol. The molecule has 1 aromatic heterocycles. The molecule has 1 amide bonds. The summed E-state index contributed by atoms with van der Waals surface area (Å²) < 4.78 is 17.0. The van der Waals surface area contributed by atoms with E-state index < -0.39 is 17.4 Å². The van der Waals surface area contributed by atoms with E-state index in [0.717, 1.165) is 11.5 Å². The minimum absolute atomic E-state index is 0.166. The summed E-state index contributed by atoms with van der Waals surface area (Å²) in [5.74, 6) is 1.64. The summed E-state index contributed by atoms with van der Waals surface area (Å²) in [5, 5.41) is 10.5. The molecule has 0 aromatic carbocycles. The molecule has 0 bridgehead atoms. The second-order valence-corrected chi connectivity index (χ2v) is 9.37. The zero-order valence-corrected chi connectivity index (χ0v) is 19.7. The summed E-state index contributed by atoms with van der Waals surface area (Å²) in [6.45, 7) is 16.3. The van der Waals surface area contributed by atoms with Gasteiger partial charge in [0.15, 0.2) is 11.7 Å². The van der Waals surface area contributed by atoms with E-state index in [9.17, 15) is 4.79 Å². The number of aliphatic imine (C=N–C) groups is 1. The topological polar surface area (TPSA) is 101 Å². The molecular weight excluding hydrogens is 386 g/mol. The van der Waals surface area contributed by atoms with Gasteiger partial charge in [-0.25, -0.2) is 4.79 Å². The Morgan fingerprint density at radius 3 is 2.57 bits per heavy atom. The summed E-state index contributed by atoms with van der Waals surface area (Å²) in [4.78, 5) is 18.8. The molecule has 2 N–H and O–H groups in total. The number of nitrogens with zero attached hydrogens (tertiary/aromatic N) is 3. The highest BCUT2D eigenvalue weighted by Gasteiger charge is 2.49. The number of nitrogens with one attached hydrogen (secondary N) is 2. The van der Waals surface area contributed by atoms with Crippen molar-refractivity contribution in [2.24, 2.45) is 4.99 Å². The molecule has 2 atom stereocenters. The molecular formula is C21H37N5O4. The van der Waals surface area contributed by atoms with Crippen LogP contribution in [0.4, 0.5) is 4.79 Å². The molecule has 9 heteroatoms. The van der Waals surface area contributed by atoms with E-state index in [1.165, 1.54) is 0 Å². The largest absolute Gasteiger partial charge is 0.444 e. The lowest BCUT2D eigenvalue weighted by Gasteiger charge is -2.35. The summed E-state index contributed by atoms with van der Waals surface area (Å²) in [5.41, 5.74) is -0.430. The van der Waals surface area contributed by atoms with Crippen LogP contribution >= 0.6 is 0 Å². The van der Waals surface area contributed by atoms with Gasteiger partial charge in [0, 0.05) is 19.7 Å². The van der Waals surface area contributed by atoms with E-state index in [1.54, 1.807) is 11.9 Å². The van der Waals surface area contributed by atoms with E-state index in [-0.39, 0.29) is 12.1 Å². The Hall–Kier alpha value is -2.29. The van der Waals surface area contributed by atoms with Crippen LogP contribution in [-0.4, -0.2) is 59.2 Å². The van der Waals surface area contributed by atoms with E-state index >= 15 is 0 Å². The molecule has 0 saturated carbocycles. The monoisotopic (exact) mass is 423 g/mol. The lowest BCUT2D eigenvalue weighted by molar-refractivity contribution is -0.0755. The fourth-order valence-corrected chi connectivity index (χ4v) is 3.40. The second-order valence-electron chi connectivity index (χ2n) is 9.37. The van der Waals surface area contributed by atoms with Gasteiger partial charge in [-0.15, -0.1) is 0 Å². The highest BCUT2D eigenvalue weighted by molar-refractivity contribution is 5.79. The van der Waals surface area contributed by atoms with Crippen molar-refractivity contribution in [3.8, 4) is 0 Å². The van der Waals surface area contributed by atoms with Crippen LogP contribution in [0.5, 0.6) is 0 Å². The molecule has 170 valence electrons. The normalized spacial score (nSPS) is 21.8. The standard InChI is InChI=1S/C21H37N5O4/c1-13(2)16-10-15(30-25-16)11-23-18(22-9)24-12-17-14(3)28-21(7,8)26(17)19(27)29-20(4,5)6/h10,13-14,17H,11-12H2,1-9H3,(H2,22,23,24). The van der Waals surface area contributed by atoms with Gasteiger partial charge in [-0.2, -0.15) is 0 Å². The molecule has 2 unspecified atom stereocenters. The van der Waals surface area contributed by atoms with Crippen molar-refractivity contribution in [2.45, 2.75) is 91.3 Å². The summed E-state index contributed by atoms with van der Waals surface area (Å²) in [7, 11) is 1.69. The molecule has 0 radical (unpaired) electrons. The maximum Gasteiger partial charge on any atom is 0.412 e. The lowest BCUT2D eigenvalue weighted by atomic mass is 10.1. The van der Waals surface area contributed by atoms with Crippen molar-refractivity contribution in [2.75, 3.05) is 13.6 Å². The van der Waals surface area contributed by atoms with Gasteiger partial charge >= 0.3 is 6.09 Å². The van der Waals surface area contributed by atoms with Crippen molar-refractivity contribution >= 4 is 12.1 Å². The van der Waals surface area contributed by atoms with Gasteiger partial charge in [-0.1, -0.05) is 19.0 Å². The fraction of sp³-hybridized carbons (Fsp3) is 0.762. The molecule has 1 saturated heterocycles. The SMILES string of the molecule is CN=C(NCc1cc(C(C)C)no1)NCC1C(C)OC(C)(C)N1C(=O)OC(C)(C)C. The number of rotatable bonds is 5. The van der Waals surface area contributed by atoms with Crippen molar-refractivity contribution in [3.05, 3.63) is 17.5 Å². The first-order valence-electron chi connectivity index (χ1n) is 10.4. The third kappa shape index (κ3) is 6.10. The predicted octanol–water partition coefficient (Wildman–Crippen LogP) is 3.22. The van der Waals surface area contributed by atoms with Gasteiger partial charge in [-0.05, 0) is 47.5 Å². The Bertz CT molecular complexity index is 751. The second kappa shape index (κ2) is 9.24. The molecule has 1 fully saturated rings. The molecule has 1 aliphatic rings. The van der Waals surface area contributed by atoms with Crippen LogP contribution in [-0.2, 0) is 16.0 Å². The van der Waals surface area contributed by atoms with Crippen LogP contribution in [0, 0.1) is 0 Å². The van der Waals surface area contributed by atoms with E-state index in [1.807, 2.05) is 47.6 Å². The van der Waals surface area contributed by atoms with Gasteiger partial charge in [0.1, 0.15) is 11.3 Å². The molecule has 2 rings (SSSR count). The number of hydrogen-bond donors (Lipinski definition) is 2. The molecule has 0 spiro atoms. The zero-order chi connectivity index (χ0) is 22.7. The molecule has 9 nitrogen and oxygen atoms in total. The fourth-order valence-electron chi connectivity index (χ4n) is 3.40. The number of hydrogen-bond acceptors (Lipinski definition) is 6. The summed E-state index contributed by atoms with van der Waals surface area (Å²) in [6.07, 6.45) is -0.560. The Kier molecular flexibility index (Phi) is 7.39. The number of amides is 1. The quantitative estimate of drug-likeness (QED) is 0.554. The van der Waals surface area contributed by atoms with Gasteiger partial charge in [0.05, 0.1) is 24.4 Å².